The van der Waals surface area contributed by atoms with Gasteiger partial charge in [0, 0.05) is 6.04 Å². The highest BCUT2D eigenvalue weighted by Crippen LogP contribution is 2.40. The molecule has 1 aliphatic heterocycles. The van der Waals surface area contributed by atoms with Crippen LogP contribution in [0.4, 0.5) is 14.9 Å². The van der Waals surface area contributed by atoms with Crippen molar-refractivity contribution in [3.05, 3.63) is 23.5 Å². The van der Waals surface area contributed by atoms with Crippen LogP contribution in [0.15, 0.2) is 12.1 Å². The maximum absolute atomic E-state index is 14.4. The predicted molar refractivity (Wildman–Crippen MR) is 106 cm³/mol. The van der Waals surface area contributed by atoms with Crippen LogP contribution in [-0.2, 0) is 9.31 Å². The molecular formula is C20H30BFN2O3. The molecule has 2 amide bonds. The van der Waals surface area contributed by atoms with Gasteiger partial charge in [0.15, 0.2) is 0 Å². The highest BCUT2D eigenvalue weighted by atomic mass is 19.1. The molecule has 5 nitrogen and oxygen atoms in total. The second kappa shape index (κ2) is 6.48. The molecule has 0 spiro atoms. The number of rotatable bonds is 3. The molecule has 0 radical (unpaired) electrons. The standard InChI is InChI=1S/C20H30BFN2O3/c1-12-8-15(22)16(24-17(25)23-13-10-18(2,3)11-13)9-14(12)21-26-19(4,5)20(6,7)27-21/h8-9,13H,10-11H2,1-7H3,(H2,23,24,25). The van der Waals surface area contributed by atoms with E-state index in [1.807, 2.05) is 34.6 Å². The Morgan fingerprint density at radius 3 is 2.19 bits per heavy atom. The minimum Gasteiger partial charge on any atom is -0.399 e. The van der Waals surface area contributed by atoms with Crippen LogP contribution in [0, 0.1) is 18.2 Å². The minimum absolute atomic E-state index is 0.126. The Bertz CT molecular complexity index is 740. The Hall–Kier alpha value is -1.60. The fourth-order valence-corrected chi connectivity index (χ4v) is 3.73. The zero-order chi connectivity index (χ0) is 20.2. The van der Waals surface area contributed by atoms with Gasteiger partial charge in [-0.05, 0) is 76.0 Å². The normalized spacial score (nSPS) is 23.0. The summed E-state index contributed by atoms with van der Waals surface area (Å²) in [5, 5.41) is 5.53. The first-order valence-electron chi connectivity index (χ1n) is 9.53. The second-order valence-electron chi connectivity index (χ2n) is 9.64. The number of aryl methyl sites for hydroxylation is 1. The van der Waals surface area contributed by atoms with Crippen molar-refractivity contribution < 1.29 is 18.5 Å². The van der Waals surface area contributed by atoms with Gasteiger partial charge >= 0.3 is 13.1 Å². The molecule has 7 heteroatoms. The molecule has 2 N–H and O–H groups in total. The Kier molecular flexibility index (Phi) is 4.84. The molecule has 1 aliphatic carbocycles. The summed E-state index contributed by atoms with van der Waals surface area (Å²) < 4.78 is 26.6. The Balaban J connectivity index is 1.74. The van der Waals surface area contributed by atoms with Gasteiger partial charge in [-0.15, -0.1) is 0 Å². The summed E-state index contributed by atoms with van der Waals surface area (Å²) in [5.74, 6) is -0.475. The number of carbonyl (C=O) groups excluding carboxylic acids is 1. The number of anilines is 1. The van der Waals surface area contributed by atoms with Gasteiger partial charge in [0.05, 0.1) is 16.9 Å². The van der Waals surface area contributed by atoms with Crippen molar-refractivity contribution in [2.75, 3.05) is 5.32 Å². The minimum atomic E-state index is -0.605. The van der Waals surface area contributed by atoms with Crippen LogP contribution in [0.1, 0.15) is 59.9 Å². The van der Waals surface area contributed by atoms with E-state index in [4.69, 9.17) is 9.31 Å². The monoisotopic (exact) mass is 376 g/mol. The van der Waals surface area contributed by atoms with E-state index >= 15 is 0 Å². The van der Waals surface area contributed by atoms with Gasteiger partial charge in [-0.1, -0.05) is 13.8 Å². The van der Waals surface area contributed by atoms with E-state index < -0.39 is 30.2 Å². The zero-order valence-corrected chi connectivity index (χ0v) is 17.3. The fraction of sp³-hybridized carbons (Fsp3) is 0.650. The van der Waals surface area contributed by atoms with Crippen molar-refractivity contribution in [2.45, 2.75) is 78.6 Å². The van der Waals surface area contributed by atoms with Crippen LogP contribution in [0.25, 0.3) is 0 Å². The number of nitrogens with one attached hydrogen (secondary N) is 2. The van der Waals surface area contributed by atoms with Crippen molar-refractivity contribution in [3.8, 4) is 0 Å². The number of carbonyl (C=O) groups is 1. The van der Waals surface area contributed by atoms with Crippen molar-refractivity contribution in [2.24, 2.45) is 5.41 Å². The summed E-state index contributed by atoms with van der Waals surface area (Å²) in [6.45, 7) is 14.0. The molecule has 1 aromatic rings. The van der Waals surface area contributed by atoms with Crippen molar-refractivity contribution >= 4 is 24.3 Å². The Labute approximate surface area is 161 Å². The smallest absolute Gasteiger partial charge is 0.399 e. The fourth-order valence-electron chi connectivity index (χ4n) is 3.73. The highest BCUT2D eigenvalue weighted by Gasteiger charge is 2.52. The molecule has 1 heterocycles. The summed E-state index contributed by atoms with van der Waals surface area (Å²) in [4.78, 5) is 12.3. The number of hydrogen-bond acceptors (Lipinski definition) is 3. The van der Waals surface area contributed by atoms with E-state index in [-0.39, 0.29) is 17.1 Å². The van der Waals surface area contributed by atoms with E-state index in [0.29, 0.717) is 0 Å². The topological polar surface area (TPSA) is 59.6 Å². The summed E-state index contributed by atoms with van der Waals surface area (Å²) in [6, 6.07) is 2.76. The van der Waals surface area contributed by atoms with E-state index in [9.17, 15) is 9.18 Å². The van der Waals surface area contributed by atoms with Gasteiger partial charge < -0.3 is 19.9 Å². The largest absolute Gasteiger partial charge is 0.495 e. The Morgan fingerprint density at radius 2 is 1.67 bits per heavy atom. The number of amides is 2. The first kappa shape index (κ1) is 20.1. The summed E-state index contributed by atoms with van der Waals surface area (Å²) in [5.41, 5.74) is 0.854. The molecule has 0 atom stereocenters. The molecule has 3 rings (SSSR count). The Morgan fingerprint density at radius 1 is 1.11 bits per heavy atom. The van der Waals surface area contributed by atoms with Crippen LogP contribution in [0.2, 0.25) is 0 Å². The highest BCUT2D eigenvalue weighted by molar-refractivity contribution is 6.62. The van der Waals surface area contributed by atoms with Gasteiger partial charge in [0.25, 0.3) is 0 Å². The lowest BCUT2D eigenvalue weighted by Crippen LogP contribution is -2.49. The van der Waals surface area contributed by atoms with Crippen LogP contribution >= 0.6 is 0 Å². The lowest BCUT2D eigenvalue weighted by Gasteiger charge is -2.42. The molecule has 148 valence electrons. The molecule has 0 unspecified atom stereocenters. The number of halogens is 1. The van der Waals surface area contributed by atoms with Gasteiger partial charge in [0.1, 0.15) is 5.82 Å². The second-order valence-corrected chi connectivity index (χ2v) is 9.64. The van der Waals surface area contributed by atoms with E-state index in [1.165, 1.54) is 6.07 Å². The quantitative estimate of drug-likeness (QED) is 0.790. The number of hydrogen-bond donors (Lipinski definition) is 2. The molecule has 1 aromatic carbocycles. The third kappa shape index (κ3) is 3.99. The lowest BCUT2D eigenvalue weighted by atomic mass is 9.68. The third-order valence-corrected chi connectivity index (χ3v) is 6.04. The van der Waals surface area contributed by atoms with Crippen molar-refractivity contribution in [1.82, 2.24) is 5.32 Å². The number of benzene rings is 1. The average molecular weight is 376 g/mol. The van der Waals surface area contributed by atoms with Gasteiger partial charge in [0.2, 0.25) is 0 Å². The van der Waals surface area contributed by atoms with Gasteiger partial charge in [-0.2, -0.15) is 0 Å². The van der Waals surface area contributed by atoms with Crippen molar-refractivity contribution in [1.29, 1.82) is 0 Å². The summed E-state index contributed by atoms with van der Waals surface area (Å²) in [7, 11) is -0.605. The van der Waals surface area contributed by atoms with E-state index in [2.05, 4.69) is 24.5 Å². The van der Waals surface area contributed by atoms with Crippen LogP contribution < -0.4 is 16.1 Å². The maximum Gasteiger partial charge on any atom is 0.495 e. The lowest BCUT2D eigenvalue weighted by molar-refractivity contribution is 0.00578. The van der Waals surface area contributed by atoms with E-state index in [1.54, 1.807) is 6.07 Å². The molecule has 0 aromatic heterocycles. The molecule has 27 heavy (non-hydrogen) atoms. The first-order valence-corrected chi connectivity index (χ1v) is 9.53. The molecule has 1 saturated carbocycles. The maximum atomic E-state index is 14.4. The molecule has 2 fully saturated rings. The number of urea groups is 1. The first-order chi connectivity index (χ1) is 12.3. The van der Waals surface area contributed by atoms with Gasteiger partial charge in [-0.3, -0.25) is 0 Å². The molecular weight excluding hydrogens is 346 g/mol. The van der Waals surface area contributed by atoms with Crippen LogP contribution in [0.3, 0.4) is 0 Å². The molecule has 1 saturated heterocycles. The van der Waals surface area contributed by atoms with Crippen LogP contribution in [0.5, 0.6) is 0 Å². The summed E-state index contributed by atoms with van der Waals surface area (Å²) in [6.07, 6.45) is 1.85. The van der Waals surface area contributed by atoms with Gasteiger partial charge in [-0.25, -0.2) is 9.18 Å². The van der Waals surface area contributed by atoms with Crippen molar-refractivity contribution in [3.63, 3.8) is 0 Å². The predicted octanol–water partition coefficient (Wildman–Crippen LogP) is 3.74. The van der Waals surface area contributed by atoms with Crippen LogP contribution in [-0.4, -0.2) is 30.4 Å². The summed E-state index contributed by atoms with van der Waals surface area (Å²) >= 11 is 0. The third-order valence-electron chi connectivity index (χ3n) is 6.04. The molecule has 0 bridgehead atoms. The SMILES string of the molecule is Cc1cc(F)c(NC(=O)NC2CC(C)(C)C2)cc1B1OC(C)(C)C(C)(C)O1. The average Bonchev–Trinajstić information content (AvgIpc) is 2.68. The van der Waals surface area contributed by atoms with E-state index in [0.717, 1.165) is 23.9 Å². The molecule has 2 aliphatic rings. The zero-order valence-electron chi connectivity index (χ0n) is 17.3.